The topological polar surface area (TPSA) is 30.3 Å². The number of aromatic nitrogens is 2. The van der Waals surface area contributed by atoms with Crippen LogP contribution in [0.15, 0.2) is 6.20 Å². The van der Waals surface area contributed by atoms with Crippen LogP contribution in [0.3, 0.4) is 0 Å². The fourth-order valence-corrected chi connectivity index (χ4v) is 2.47. The minimum absolute atomic E-state index is 0.322. The molecule has 1 fully saturated rings. The zero-order valence-electron chi connectivity index (χ0n) is 11.2. The van der Waals surface area contributed by atoms with Gasteiger partial charge < -0.3 is 9.64 Å². The highest BCUT2D eigenvalue weighted by molar-refractivity contribution is 6.31. The van der Waals surface area contributed by atoms with E-state index in [-0.39, 0.29) is 0 Å². The van der Waals surface area contributed by atoms with Crippen molar-refractivity contribution in [2.75, 3.05) is 20.6 Å². The zero-order chi connectivity index (χ0) is 13.0. The molecule has 0 aromatic carbocycles. The molecule has 1 aliphatic carbocycles. The second kappa shape index (κ2) is 6.43. The number of likely N-dealkylation sites (N-methyl/N-ethyl adjacent to an activating group) is 1. The highest BCUT2D eigenvalue weighted by atomic mass is 35.5. The first-order chi connectivity index (χ1) is 8.66. The maximum atomic E-state index is 6.28. The Balaban J connectivity index is 1.92. The van der Waals surface area contributed by atoms with E-state index in [9.17, 15) is 0 Å². The molecular formula is C13H22ClN3O. The number of hydrogen-bond donors (Lipinski definition) is 0. The summed E-state index contributed by atoms with van der Waals surface area (Å²) >= 11 is 6.28. The van der Waals surface area contributed by atoms with Crippen molar-refractivity contribution in [2.24, 2.45) is 0 Å². The Hall–Kier alpha value is -0.740. The van der Waals surface area contributed by atoms with Crippen LogP contribution in [-0.2, 0) is 6.54 Å². The molecule has 0 radical (unpaired) electrons. The summed E-state index contributed by atoms with van der Waals surface area (Å²) in [6.45, 7) is 1.71. The van der Waals surface area contributed by atoms with Gasteiger partial charge in [-0.1, -0.05) is 18.0 Å². The third kappa shape index (κ3) is 3.62. The van der Waals surface area contributed by atoms with Gasteiger partial charge in [0.1, 0.15) is 0 Å². The lowest BCUT2D eigenvalue weighted by Crippen LogP contribution is -2.20. The third-order valence-corrected chi connectivity index (χ3v) is 3.73. The van der Waals surface area contributed by atoms with Gasteiger partial charge in [-0.25, -0.2) is 4.68 Å². The first-order valence-electron chi connectivity index (χ1n) is 6.69. The quantitative estimate of drug-likeness (QED) is 0.825. The van der Waals surface area contributed by atoms with Gasteiger partial charge in [0.05, 0.1) is 18.8 Å². The first kappa shape index (κ1) is 13.7. The second-order valence-electron chi connectivity index (χ2n) is 5.20. The van der Waals surface area contributed by atoms with E-state index in [1.165, 1.54) is 19.3 Å². The lowest BCUT2D eigenvalue weighted by molar-refractivity contribution is 0.155. The molecule has 0 amide bonds. The van der Waals surface area contributed by atoms with E-state index in [4.69, 9.17) is 16.3 Å². The molecule has 1 saturated carbocycles. The van der Waals surface area contributed by atoms with Gasteiger partial charge in [-0.3, -0.25) is 0 Å². The fourth-order valence-electron chi connectivity index (χ4n) is 2.25. The first-order valence-corrected chi connectivity index (χ1v) is 7.07. The van der Waals surface area contributed by atoms with Crippen LogP contribution in [0, 0.1) is 0 Å². The largest absolute Gasteiger partial charge is 0.486 e. The number of halogens is 1. The van der Waals surface area contributed by atoms with Crippen molar-refractivity contribution < 1.29 is 4.74 Å². The molecule has 1 heterocycles. The summed E-state index contributed by atoms with van der Waals surface area (Å²) in [4.78, 5) is 2.11. The minimum Gasteiger partial charge on any atom is -0.486 e. The van der Waals surface area contributed by atoms with Crippen LogP contribution in [0.25, 0.3) is 0 Å². The van der Waals surface area contributed by atoms with Gasteiger partial charge in [-0.05, 0) is 39.8 Å². The fraction of sp³-hybridized carbons (Fsp3) is 0.769. The molecule has 4 nitrogen and oxygen atoms in total. The molecular weight excluding hydrogens is 250 g/mol. The Kier molecular flexibility index (Phi) is 4.89. The molecule has 102 valence electrons. The number of ether oxygens (including phenoxy) is 1. The van der Waals surface area contributed by atoms with E-state index in [1.54, 1.807) is 10.9 Å². The summed E-state index contributed by atoms with van der Waals surface area (Å²) in [5.74, 6) is 0.738. The molecule has 0 atom stereocenters. The highest BCUT2D eigenvalue weighted by Gasteiger charge is 2.18. The SMILES string of the molecule is CN(C)CCn1ncc(OC2CCCCC2)c1Cl. The minimum atomic E-state index is 0.322. The van der Waals surface area contributed by atoms with Crippen LogP contribution in [0.2, 0.25) is 5.15 Å². The van der Waals surface area contributed by atoms with Crippen LogP contribution < -0.4 is 4.74 Å². The van der Waals surface area contributed by atoms with Gasteiger partial charge in [-0.15, -0.1) is 0 Å². The van der Waals surface area contributed by atoms with Crippen molar-refractivity contribution in [2.45, 2.75) is 44.8 Å². The summed E-state index contributed by atoms with van der Waals surface area (Å²) in [7, 11) is 4.08. The summed E-state index contributed by atoms with van der Waals surface area (Å²) < 4.78 is 7.75. The average Bonchev–Trinajstić information content (AvgIpc) is 2.70. The van der Waals surface area contributed by atoms with E-state index in [0.717, 1.165) is 31.7 Å². The molecule has 0 unspecified atom stereocenters. The van der Waals surface area contributed by atoms with E-state index in [1.807, 2.05) is 14.1 Å². The Morgan fingerprint density at radius 2 is 2.11 bits per heavy atom. The van der Waals surface area contributed by atoms with Crippen LogP contribution in [0.1, 0.15) is 32.1 Å². The zero-order valence-corrected chi connectivity index (χ0v) is 12.0. The van der Waals surface area contributed by atoms with Crippen LogP contribution in [0.4, 0.5) is 0 Å². The Morgan fingerprint density at radius 3 is 2.78 bits per heavy atom. The van der Waals surface area contributed by atoms with E-state index >= 15 is 0 Å². The van der Waals surface area contributed by atoms with Gasteiger partial charge in [0.15, 0.2) is 10.9 Å². The maximum Gasteiger partial charge on any atom is 0.176 e. The van der Waals surface area contributed by atoms with Crippen molar-refractivity contribution in [1.29, 1.82) is 0 Å². The molecule has 2 rings (SSSR count). The molecule has 0 bridgehead atoms. The Bertz CT molecular complexity index is 372. The Labute approximate surface area is 114 Å². The van der Waals surface area contributed by atoms with Crippen molar-refractivity contribution in [3.05, 3.63) is 11.3 Å². The molecule has 1 aromatic rings. The predicted octanol–water partition coefficient (Wildman–Crippen LogP) is 2.81. The Morgan fingerprint density at radius 1 is 1.39 bits per heavy atom. The van der Waals surface area contributed by atoms with E-state index in [0.29, 0.717) is 11.3 Å². The van der Waals surface area contributed by atoms with Gasteiger partial charge in [0.25, 0.3) is 0 Å². The van der Waals surface area contributed by atoms with Gasteiger partial charge in [-0.2, -0.15) is 5.10 Å². The van der Waals surface area contributed by atoms with Gasteiger partial charge in [0.2, 0.25) is 0 Å². The summed E-state index contributed by atoms with van der Waals surface area (Å²) in [5.41, 5.74) is 0. The standard InChI is InChI=1S/C13H22ClN3O/c1-16(2)8-9-17-13(14)12(10-15-17)18-11-6-4-3-5-7-11/h10-11H,3-9H2,1-2H3. The van der Waals surface area contributed by atoms with Crippen molar-refractivity contribution in [1.82, 2.24) is 14.7 Å². The summed E-state index contributed by atoms with van der Waals surface area (Å²) in [6.07, 6.45) is 8.19. The molecule has 18 heavy (non-hydrogen) atoms. The van der Waals surface area contributed by atoms with Crippen LogP contribution >= 0.6 is 11.6 Å². The molecule has 0 saturated heterocycles. The predicted molar refractivity (Wildman–Crippen MR) is 73.3 cm³/mol. The van der Waals surface area contributed by atoms with Gasteiger partial charge >= 0.3 is 0 Å². The van der Waals surface area contributed by atoms with Gasteiger partial charge in [0, 0.05) is 6.54 Å². The van der Waals surface area contributed by atoms with Crippen molar-refractivity contribution in [3.63, 3.8) is 0 Å². The number of hydrogen-bond acceptors (Lipinski definition) is 3. The number of rotatable bonds is 5. The lowest BCUT2D eigenvalue weighted by atomic mass is 9.98. The van der Waals surface area contributed by atoms with E-state index in [2.05, 4.69) is 10.00 Å². The third-order valence-electron chi connectivity index (χ3n) is 3.35. The highest BCUT2D eigenvalue weighted by Crippen LogP contribution is 2.28. The second-order valence-corrected chi connectivity index (χ2v) is 5.56. The average molecular weight is 272 g/mol. The van der Waals surface area contributed by atoms with Crippen LogP contribution in [0.5, 0.6) is 5.75 Å². The smallest absolute Gasteiger partial charge is 0.176 e. The summed E-state index contributed by atoms with van der Waals surface area (Å²) in [5, 5.41) is 4.91. The molecule has 0 aliphatic heterocycles. The maximum absolute atomic E-state index is 6.28. The molecule has 1 aromatic heterocycles. The molecule has 1 aliphatic rings. The normalized spacial score (nSPS) is 17.3. The molecule has 5 heteroatoms. The van der Waals surface area contributed by atoms with Crippen molar-refractivity contribution in [3.8, 4) is 5.75 Å². The van der Waals surface area contributed by atoms with E-state index < -0.39 is 0 Å². The number of nitrogens with zero attached hydrogens (tertiary/aromatic N) is 3. The summed E-state index contributed by atoms with van der Waals surface area (Å²) in [6, 6.07) is 0. The monoisotopic (exact) mass is 271 g/mol. The molecule has 0 N–H and O–H groups in total. The lowest BCUT2D eigenvalue weighted by Gasteiger charge is -2.22. The molecule has 0 spiro atoms. The van der Waals surface area contributed by atoms with Crippen LogP contribution in [-0.4, -0.2) is 41.4 Å². The van der Waals surface area contributed by atoms with Crippen molar-refractivity contribution >= 4 is 11.6 Å².